The third-order valence-corrected chi connectivity index (χ3v) is 4.07. The molecule has 1 aromatic carbocycles. The average Bonchev–Trinajstić information content (AvgIpc) is 2.85. The highest BCUT2D eigenvalue weighted by atomic mass is 79.9. The standard InChI is InChI=1S/C15H13BrN4O/c1-8-4-14(19-7-12(8)16)20-15(21)11-6-18-13-5-9(17)2-3-10(11)13/h2-7,18H,17H2,1H3,(H,19,20,21). The van der Waals surface area contributed by atoms with E-state index in [2.05, 4.69) is 31.2 Å². The minimum absolute atomic E-state index is 0.208. The van der Waals surface area contributed by atoms with Crippen LogP contribution in [0.3, 0.4) is 0 Å². The van der Waals surface area contributed by atoms with Crippen molar-refractivity contribution in [3.63, 3.8) is 0 Å². The van der Waals surface area contributed by atoms with Crippen molar-refractivity contribution in [2.24, 2.45) is 0 Å². The van der Waals surface area contributed by atoms with Gasteiger partial charge in [-0.1, -0.05) is 0 Å². The maximum Gasteiger partial charge on any atom is 0.258 e. The molecule has 5 nitrogen and oxygen atoms in total. The molecule has 3 aromatic rings. The normalized spacial score (nSPS) is 10.8. The maximum atomic E-state index is 12.4. The number of pyridine rings is 1. The average molecular weight is 345 g/mol. The van der Waals surface area contributed by atoms with Crippen molar-refractivity contribution < 1.29 is 4.79 Å². The quantitative estimate of drug-likeness (QED) is 0.622. The van der Waals surface area contributed by atoms with E-state index in [-0.39, 0.29) is 5.91 Å². The molecule has 2 heterocycles. The smallest absolute Gasteiger partial charge is 0.258 e. The van der Waals surface area contributed by atoms with Crippen LogP contribution in [0.25, 0.3) is 10.9 Å². The Balaban J connectivity index is 1.91. The molecular weight excluding hydrogens is 332 g/mol. The molecule has 0 aliphatic rings. The molecule has 0 radical (unpaired) electrons. The van der Waals surface area contributed by atoms with Crippen LogP contribution in [0.2, 0.25) is 0 Å². The van der Waals surface area contributed by atoms with Gasteiger partial charge in [-0.15, -0.1) is 0 Å². The molecule has 4 N–H and O–H groups in total. The summed E-state index contributed by atoms with van der Waals surface area (Å²) in [4.78, 5) is 19.6. The number of nitrogens with one attached hydrogen (secondary N) is 2. The predicted molar refractivity (Wildman–Crippen MR) is 87.3 cm³/mol. The lowest BCUT2D eigenvalue weighted by molar-refractivity contribution is 0.102. The summed E-state index contributed by atoms with van der Waals surface area (Å²) in [6, 6.07) is 7.22. The van der Waals surface area contributed by atoms with E-state index in [0.29, 0.717) is 17.1 Å². The monoisotopic (exact) mass is 344 g/mol. The summed E-state index contributed by atoms with van der Waals surface area (Å²) >= 11 is 3.38. The number of hydrogen-bond acceptors (Lipinski definition) is 3. The summed E-state index contributed by atoms with van der Waals surface area (Å²) in [6.07, 6.45) is 3.34. The molecule has 0 spiro atoms. The number of nitrogens with zero attached hydrogens (tertiary/aromatic N) is 1. The molecule has 3 rings (SSSR count). The van der Waals surface area contributed by atoms with Crippen LogP contribution < -0.4 is 11.1 Å². The van der Waals surface area contributed by atoms with Gasteiger partial charge in [0.2, 0.25) is 0 Å². The van der Waals surface area contributed by atoms with Gasteiger partial charge in [0.25, 0.3) is 5.91 Å². The predicted octanol–water partition coefficient (Wildman–Crippen LogP) is 3.47. The molecule has 0 unspecified atom stereocenters. The molecule has 6 heteroatoms. The molecule has 21 heavy (non-hydrogen) atoms. The number of anilines is 2. The Labute approximate surface area is 129 Å². The van der Waals surface area contributed by atoms with E-state index in [1.54, 1.807) is 24.5 Å². The summed E-state index contributed by atoms with van der Waals surface area (Å²) in [7, 11) is 0. The highest BCUT2D eigenvalue weighted by molar-refractivity contribution is 9.10. The van der Waals surface area contributed by atoms with Crippen molar-refractivity contribution >= 4 is 44.2 Å². The first kappa shape index (κ1) is 13.6. The summed E-state index contributed by atoms with van der Waals surface area (Å²) in [5.74, 6) is 0.311. The van der Waals surface area contributed by atoms with Crippen LogP contribution in [0.15, 0.2) is 41.1 Å². The van der Waals surface area contributed by atoms with Crippen LogP contribution in [-0.2, 0) is 0 Å². The van der Waals surface area contributed by atoms with Crippen molar-refractivity contribution in [2.75, 3.05) is 11.1 Å². The second kappa shape index (κ2) is 5.21. The summed E-state index contributed by atoms with van der Waals surface area (Å²) in [5.41, 5.74) is 8.79. The summed E-state index contributed by atoms with van der Waals surface area (Å²) in [5, 5.41) is 3.63. The van der Waals surface area contributed by atoms with Crippen LogP contribution in [-0.4, -0.2) is 15.9 Å². The van der Waals surface area contributed by atoms with E-state index < -0.39 is 0 Å². The van der Waals surface area contributed by atoms with E-state index in [1.807, 2.05) is 19.1 Å². The highest BCUT2D eigenvalue weighted by Gasteiger charge is 2.13. The number of nitrogens with two attached hydrogens (primary N) is 1. The van der Waals surface area contributed by atoms with Crippen molar-refractivity contribution in [2.45, 2.75) is 6.92 Å². The SMILES string of the molecule is Cc1cc(NC(=O)c2c[nH]c3cc(N)ccc23)ncc1Br. The van der Waals surface area contributed by atoms with Gasteiger partial charge in [-0.3, -0.25) is 4.79 Å². The van der Waals surface area contributed by atoms with E-state index in [9.17, 15) is 4.79 Å². The number of benzene rings is 1. The van der Waals surface area contributed by atoms with Crippen molar-refractivity contribution in [1.82, 2.24) is 9.97 Å². The first-order valence-corrected chi connectivity index (χ1v) is 7.14. The molecule has 0 bridgehead atoms. The molecule has 0 saturated carbocycles. The fraction of sp³-hybridized carbons (Fsp3) is 0.0667. The Morgan fingerprint density at radius 3 is 2.95 bits per heavy atom. The number of halogens is 1. The van der Waals surface area contributed by atoms with Gasteiger partial charge in [0, 0.05) is 33.5 Å². The third-order valence-electron chi connectivity index (χ3n) is 3.24. The van der Waals surface area contributed by atoms with Crippen molar-refractivity contribution in [1.29, 1.82) is 0 Å². The van der Waals surface area contributed by atoms with Crippen molar-refractivity contribution in [3.05, 3.63) is 52.3 Å². The van der Waals surface area contributed by atoms with E-state index in [4.69, 9.17) is 5.73 Å². The van der Waals surface area contributed by atoms with E-state index in [1.165, 1.54) is 0 Å². The first-order valence-electron chi connectivity index (χ1n) is 6.34. The van der Waals surface area contributed by atoms with Crippen LogP contribution >= 0.6 is 15.9 Å². The number of aromatic nitrogens is 2. The largest absolute Gasteiger partial charge is 0.399 e. The fourth-order valence-corrected chi connectivity index (χ4v) is 2.34. The number of rotatable bonds is 2. The number of aromatic amines is 1. The number of nitrogen functional groups attached to an aromatic ring is 1. The number of aryl methyl sites for hydroxylation is 1. The molecule has 0 fully saturated rings. The van der Waals surface area contributed by atoms with Crippen LogP contribution in [0, 0.1) is 6.92 Å². The Bertz CT molecular complexity index is 841. The van der Waals surface area contributed by atoms with Crippen molar-refractivity contribution in [3.8, 4) is 0 Å². The van der Waals surface area contributed by atoms with Gasteiger partial charge in [0.15, 0.2) is 0 Å². The van der Waals surface area contributed by atoms with Gasteiger partial charge in [-0.2, -0.15) is 0 Å². The third kappa shape index (κ3) is 2.62. The molecule has 0 aliphatic carbocycles. The number of carbonyl (C=O) groups excluding carboxylic acids is 1. The van der Waals surface area contributed by atoms with Gasteiger partial charge in [-0.25, -0.2) is 4.98 Å². The minimum Gasteiger partial charge on any atom is -0.399 e. The topological polar surface area (TPSA) is 83.8 Å². The second-order valence-corrected chi connectivity index (χ2v) is 5.63. The zero-order valence-electron chi connectivity index (χ0n) is 11.3. The second-order valence-electron chi connectivity index (χ2n) is 4.78. The molecule has 0 atom stereocenters. The Kier molecular flexibility index (Phi) is 3.39. The Hall–Kier alpha value is -2.34. The van der Waals surface area contributed by atoms with Gasteiger partial charge < -0.3 is 16.0 Å². The minimum atomic E-state index is -0.208. The lowest BCUT2D eigenvalue weighted by atomic mass is 10.1. The molecular formula is C15H13BrN4O. The maximum absolute atomic E-state index is 12.4. The Morgan fingerprint density at radius 2 is 2.19 bits per heavy atom. The summed E-state index contributed by atoms with van der Waals surface area (Å²) < 4.78 is 0.906. The number of hydrogen-bond donors (Lipinski definition) is 3. The van der Waals surface area contributed by atoms with Crippen LogP contribution in [0.1, 0.15) is 15.9 Å². The molecule has 0 saturated heterocycles. The molecule has 2 aromatic heterocycles. The molecule has 0 aliphatic heterocycles. The van der Waals surface area contributed by atoms with Crippen LogP contribution in [0.4, 0.5) is 11.5 Å². The first-order chi connectivity index (χ1) is 10.0. The number of amides is 1. The summed E-state index contributed by atoms with van der Waals surface area (Å²) in [6.45, 7) is 1.94. The van der Waals surface area contributed by atoms with Gasteiger partial charge in [-0.05, 0) is 52.7 Å². The van der Waals surface area contributed by atoms with Gasteiger partial charge >= 0.3 is 0 Å². The van der Waals surface area contributed by atoms with Gasteiger partial charge in [0.1, 0.15) is 5.82 Å². The lowest BCUT2D eigenvalue weighted by Gasteiger charge is -2.05. The number of H-pyrrole nitrogens is 1. The fourth-order valence-electron chi connectivity index (χ4n) is 2.12. The van der Waals surface area contributed by atoms with E-state index >= 15 is 0 Å². The molecule has 1 amide bonds. The van der Waals surface area contributed by atoms with Crippen LogP contribution in [0.5, 0.6) is 0 Å². The highest BCUT2D eigenvalue weighted by Crippen LogP contribution is 2.22. The van der Waals surface area contributed by atoms with E-state index in [0.717, 1.165) is 20.9 Å². The number of fused-ring (bicyclic) bond motifs is 1. The lowest BCUT2D eigenvalue weighted by Crippen LogP contribution is -2.12. The zero-order chi connectivity index (χ0) is 15.0. The Morgan fingerprint density at radius 1 is 1.38 bits per heavy atom. The van der Waals surface area contributed by atoms with Gasteiger partial charge in [0.05, 0.1) is 5.56 Å². The zero-order valence-corrected chi connectivity index (χ0v) is 12.9. The number of carbonyl (C=O) groups is 1. The molecule has 106 valence electrons.